The molecule has 2 rings (SSSR count). The van der Waals surface area contributed by atoms with Gasteiger partial charge in [-0.15, -0.1) is 0 Å². The average molecular weight is 331 g/mol. The Bertz CT molecular complexity index is 622. The van der Waals surface area contributed by atoms with Crippen LogP contribution in [0.25, 0.3) is 10.9 Å². The second-order valence-electron chi connectivity index (χ2n) is 5.37. The number of guanidine groups is 1. The third-order valence-electron chi connectivity index (χ3n) is 3.69. The lowest BCUT2D eigenvalue weighted by atomic mass is 10.1. The van der Waals surface area contributed by atoms with Gasteiger partial charge in [0.2, 0.25) is 0 Å². The average Bonchev–Trinajstić information content (AvgIpc) is 2.60. The molecule has 0 saturated heterocycles. The molecule has 23 heavy (non-hydrogen) atoms. The highest BCUT2D eigenvalue weighted by Gasteiger charge is 2.02. The number of benzene rings is 1. The largest absolute Gasteiger partial charge is 0.356 e. The van der Waals surface area contributed by atoms with Gasteiger partial charge >= 0.3 is 0 Å². The van der Waals surface area contributed by atoms with Gasteiger partial charge in [0.05, 0.1) is 5.52 Å². The maximum atomic E-state index is 4.50. The van der Waals surface area contributed by atoms with Crippen molar-refractivity contribution in [3.8, 4) is 0 Å². The highest BCUT2D eigenvalue weighted by Crippen LogP contribution is 2.15. The molecule has 0 spiro atoms. The maximum absolute atomic E-state index is 4.50. The Morgan fingerprint density at radius 1 is 1.13 bits per heavy atom. The molecule has 1 heterocycles. The van der Waals surface area contributed by atoms with Crippen LogP contribution in [0.1, 0.15) is 18.4 Å². The van der Waals surface area contributed by atoms with Crippen molar-refractivity contribution in [1.82, 2.24) is 15.6 Å². The van der Waals surface area contributed by atoms with Gasteiger partial charge in [0.1, 0.15) is 0 Å². The zero-order valence-electron chi connectivity index (χ0n) is 14.0. The molecule has 0 fully saturated rings. The summed E-state index contributed by atoms with van der Waals surface area (Å²) in [6, 6.07) is 10.4. The van der Waals surface area contributed by atoms with Gasteiger partial charge in [0.25, 0.3) is 0 Å². The fourth-order valence-corrected chi connectivity index (χ4v) is 2.98. The SMILES string of the molecule is CN=C(NCCCCSC)NCCc1cccc2cccnc12. The molecule has 1 aromatic carbocycles. The van der Waals surface area contributed by atoms with Gasteiger partial charge in [-0.2, -0.15) is 11.8 Å². The molecule has 0 amide bonds. The lowest BCUT2D eigenvalue weighted by Crippen LogP contribution is -2.38. The number of nitrogens with zero attached hydrogens (tertiary/aromatic N) is 2. The number of fused-ring (bicyclic) bond motifs is 1. The Kier molecular flexibility index (Phi) is 7.73. The van der Waals surface area contributed by atoms with Crippen molar-refractivity contribution in [2.75, 3.05) is 32.1 Å². The van der Waals surface area contributed by atoms with E-state index in [-0.39, 0.29) is 0 Å². The van der Waals surface area contributed by atoms with Gasteiger partial charge in [-0.3, -0.25) is 9.98 Å². The Morgan fingerprint density at radius 2 is 1.96 bits per heavy atom. The van der Waals surface area contributed by atoms with E-state index in [9.17, 15) is 0 Å². The summed E-state index contributed by atoms with van der Waals surface area (Å²) in [6.07, 6.45) is 7.35. The van der Waals surface area contributed by atoms with Crippen LogP contribution >= 0.6 is 11.8 Å². The van der Waals surface area contributed by atoms with E-state index in [0.29, 0.717) is 0 Å². The van der Waals surface area contributed by atoms with E-state index >= 15 is 0 Å². The molecule has 0 aliphatic rings. The number of aliphatic imine (C=N–C) groups is 1. The highest BCUT2D eigenvalue weighted by molar-refractivity contribution is 7.98. The van der Waals surface area contributed by atoms with Crippen LogP contribution in [0.4, 0.5) is 0 Å². The molecular weight excluding hydrogens is 304 g/mol. The molecule has 4 nitrogen and oxygen atoms in total. The van der Waals surface area contributed by atoms with E-state index in [0.717, 1.165) is 31.0 Å². The third kappa shape index (κ3) is 5.75. The number of aromatic nitrogens is 1. The molecule has 0 radical (unpaired) electrons. The van der Waals surface area contributed by atoms with Crippen LogP contribution in [0.15, 0.2) is 41.5 Å². The fraction of sp³-hybridized carbons (Fsp3) is 0.444. The molecule has 0 bridgehead atoms. The van der Waals surface area contributed by atoms with Crippen molar-refractivity contribution < 1.29 is 0 Å². The van der Waals surface area contributed by atoms with Gasteiger partial charge < -0.3 is 10.6 Å². The van der Waals surface area contributed by atoms with Crippen LogP contribution in [-0.2, 0) is 6.42 Å². The first-order chi connectivity index (χ1) is 11.3. The summed E-state index contributed by atoms with van der Waals surface area (Å²) in [5.74, 6) is 2.10. The normalized spacial score (nSPS) is 11.7. The first-order valence-corrected chi connectivity index (χ1v) is 9.50. The Morgan fingerprint density at radius 3 is 2.78 bits per heavy atom. The minimum atomic E-state index is 0.847. The second-order valence-corrected chi connectivity index (χ2v) is 6.35. The topological polar surface area (TPSA) is 49.3 Å². The lowest BCUT2D eigenvalue weighted by molar-refractivity contribution is 0.731. The first kappa shape index (κ1) is 17.6. The summed E-state index contributed by atoms with van der Waals surface area (Å²) in [4.78, 5) is 8.77. The molecule has 0 aliphatic carbocycles. The number of nitrogens with one attached hydrogen (secondary N) is 2. The van der Waals surface area contributed by atoms with Crippen molar-refractivity contribution in [3.63, 3.8) is 0 Å². The van der Waals surface area contributed by atoms with Crippen LogP contribution in [0, 0.1) is 0 Å². The van der Waals surface area contributed by atoms with Gasteiger partial charge in [0.15, 0.2) is 5.96 Å². The minimum Gasteiger partial charge on any atom is -0.356 e. The molecule has 2 aromatic rings. The van der Waals surface area contributed by atoms with E-state index in [1.807, 2.05) is 31.1 Å². The molecule has 0 saturated carbocycles. The summed E-state index contributed by atoms with van der Waals surface area (Å²) in [7, 11) is 1.82. The van der Waals surface area contributed by atoms with Gasteiger partial charge in [-0.05, 0) is 42.9 Å². The van der Waals surface area contributed by atoms with E-state index < -0.39 is 0 Å². The molecule has 2 N–H and O–H groups in total. The van der Waals surface area contributed by atoms with E-state index in [2.05, 4.69) is 51.1 Å². The van der Waals surface area contributed by atoms with Gasteiger partial charge in [0, 0.05) is 31.7 Å². The van der Waals surface area contributed by atoms with Crippen molar-refractivity contribution >= 4 is 28.6 Å². The van der Waals surface area contributed by atoms with Crippen LogP contribution in [0.3, 0.4) is 0 Å². The number of unbranched alkanes of at least 4 members (excludes halogenated alkanes) is 1. The van der Waals surface area contributed by atoms with Crippen LogP contribution in [0.2, 0.25) is 0 Å². The van der Waals surface area contributed by atoms with Gasteiger partial charge in [-0.1, -0.05) is 24.3 Å². The Labute approximate surface area is 143 Å². The summed E-state index contributed by atoms with van der Waals surface area (Å²) >= 11 is 1.90. The standard InChI is InChI=1S/C18H26N4S/c1-19-18(21-11-3-4-14-23-2)22-13-10-16-8-5-7-15-9-6-12-20-17(15)16/h5-9,12H,3-4,10-11,13-14H2,1-2H3,(H2,19,21,22). The number of hydrogen-bond acceptors (Lipinski definition) is 3. The first-order valence-electron chi connectivity index (χ1n) is 8.11. The van der Waals surface area contributed by atoms with Crippen molar-refractivity contribution in [2.45, 2.75) is 19.3 Å². The van der Waals surface area contributed by atoms with Crippen LogP contribution < -0.4 is 10.6 Å². The lowest BCUT2D eigenvalue weighted by Gasteiger charge is -2.12. The summed E-state index contributed by atoms with van der Waals surface area (Å²) in [6.45, 7) is 1.82. The summed E-state index contributed by atoms with van der Waals surface area (Å²) in [5, 5.41) is 7.94. The smallest absolute Gasteiger partial charge is 0.190 e. The molecule has 5 heteroatoms. The predicted molar refractivity (Wildman–Crippen MR) is 102 cm³/mol. The number of rotatable bonds is 8. The van der Waals surface area contributed by atoms with Crippen molar-refractivity contribution in [1.29, 1.82) is 0 Å². The van der Waals surface area contributed by atoms with Crippen LogP contribution in [-0.4, -0.2) is 43.1 Å². The zero-order chi connectivity index (χ0) is 16.3. The Hall–Kier alpha value is -1.75. The third-order valence-corrected chi connectivity index (χ3v) is 4.39. The monoisotopic (exact) mass is 330 g/mol. The molecule has 0 atom stereocenters. The Balaban J connectivity index is 1.78. The number of hydrogen-bond donors (Lipinski definition) is 2. The summed E-state index contributed by atoms with van der Waals surface area (Å²) < 4.78 is 0. The molecule has 0 unspecified atom stereocenters. The van der Waals surface area contributed by atoms with Crippen molar-refractivity contribution in [2.24, 2.45) is 4.99 Å². The predicted octanol–water partition coefficient (Wildman–Crippen LogP) is 3.09. The minimum absolute atomic E-state index is 0.847. The van der Waals surface area contributed by atoms with E-state index in [1.54, 1.807) is 0 Å². The number of para-hydroxylation sites is 1. The number of pyridine rings is 1. The highest BCUT2D eigenvalue weighted by atomic mass is 32.2. The molecule has 124 valence electrons. The number of thioether (sulfide) groups is 1. The van der Waals surface area contributed by atoms with E-state index in [4.69, 9.17) is 0 Å². The van der Waals surface area contributed by atoms with Gasteiger partial charge in [-0.25, -0.2) is 0 Å². The van der Waals surface area contributed by atoms with E-state index in [1.165, 1.54) is 29.5 Å². The molecule has 0 aliphatic heterocycles. The van der Waals surface area contributed by atoms with Crippen LogP contribution in [0.5, 0.6) is 0 Å². The quantitative estimate of drug-likeness (QED) is 0.444. The zero-order valence-corrected chi connectivity index (χ0v) is 14.8. The van der Waals surface area contributed by atoms with Crippen molar-refractivity contribution in [3.05, 3.63) is 42.1 Å². The summed E-state index contributed by atoms with van der Waals surface area (Å²) in [5.41, 5.74) is 2.36. The molecular formula is C18H26N4S. The fourth-order valence-electron chi connectivity index (χ4n) is 2.48. The second kappa shape index (κ2) is 10.1. The molecule has 1 aromatic heterocycles. The maximum Gasteiger partial charge on any atom is 0.190 e.